The number of ketones is 1. The van der Waals surface area contributed by atoms with Gasteiger partial charge in [-0.3, -0.25) is 9.00 Å². The van der Waals surface area contributed by atoms with E-state index in [2.05, 4.69) is 4.74 Å². The number of benzene rings is 1. The van der Waals surface area contributed by atoms with E-state index in [0.717, 1.165) is 12.8 Å². The molecule has 2 aliphatic heterocycles. The van der Waals surface area contributed by atoms with E-state index in [1.54, 1.807) is 6.07 Å². The van der Waals surface area contributed by atoms with Crippen LogP contribution in [0.15, 0.2) is 24.3 Å². The Morgan fingerprint density at radius 2 is 1.87 bits per heavy atom. The number of fused-ring (bicyclic) bond motifs is 2. The molecule has 1 aromatic rings. The molecule has 126 valence electrons. The standard InChI is InChI=1S/C16H17F3O3S/c17-16(18,19)22-12-3-1-2-10(6-12)7-15(20)11-8-13-4-5-14(9-11)23(13)21/h1-3,6,11,13-14H,4-5,7-9H2. The van der Waals surface area contributed by atoms with E-state index in [0.29, 0.717) is 18.4 Å². The van der Waals surface area contributed by atoms with Crippen LogP contribution in [0.2, 0.25) is 0 Å². The van der Waals surface area contributed by atoms with Gasteiger partial charge in [0, 0.05) is 33.6 Å². The van der Waals surface area contributed by atoms with E-state index in [-0.39, 0.29) is 34.4 Å². The Labute approximate surface area is 134 Å². The summed E-state index contributed by atoms with van der Waals surface area (Å²) in [7, 11) is -0.815. The van der Waals surface area contributed by atoms with E-state index in [4.69, 9.17) is 0 Å². The molecule has 0 amide bonds. The van der Waals surface area contributed by atoms with Gasteiger partial charge in [0.2, 0.25) is 0 Å². The molecule has 2 bridgehead atoms. The molecule has 23 heavy (non-hydrogen) atoms. The predicted octanol–water partition coefficient (Wildman–Crippen LogP) is 3.39. The Morgan fingerprint density at radius 3 is 2.48 bits per heavy atom. The second-order valence-corrected chi connectivity index (χ2v) is 8.15. The van der Waals surface area contributed by atoms with Gasteiger partial charge < -0.3 is 4.74 Å². The van der Waals surface area contributed by atoms with Crippen molar-refractivity contribution in [2.24, 2.45) is 5.92 Å². The molecule has 2 unspecified atom stereocenters. The molecule has 7 heteroatoms. The molecule has 0 saturated carbocycles. The summed E-state index contributed by atoms with van der Waals surface area (Å²) in [5.41, 5.74) is 0.510. The number of halogens is 3. The number of hydrogen-bond donors (Lipinski definition) is 0. The Balaban J connectivity index is 1.64. The van der Waals surface area contributed by atoms with Crippen LogP contribution in [0.4, 0.5) is 13.2 Å². The fourth-order valence-corrected chi connectivity index (χ4v) is 5.62. The highest BCUT2D eigenvalue weighted by atomic mass is 32.2. The van der Waals surface area contributed by atoms with Crippen LogP contribution in [0, 0.1) is 5.92 Å². The number of ether oxygens (including phenoxy) is 1. The largest absolute Gasteiger partial charge is 0.573 e. The maximum atomic E-state index is 12.4. The lowest BCUT2D eigenvalue weighted by molar-refractivity contribution is -0.274. The number of Topliss-reactive ketones (excluding diaryl/α,β-unsaturated/α-hetero) is 1. The first-order valence-corrected chi connectivity index (χ1v) is 8.86. The van der Waals surface area contributed by atoms with Crippen molar-refractivity contribution in [3.05, 3.63) is 29.8 Å². The predicted molar refractivity (Wildman–Crippen MR) is 79.5 cm³/mol. The van der Waals surface area contributed by atoms with Crippen LogP contribution in [0.25, 0.3) is 0 Å². The summed E-state index contributed by atoms with van der Waals surface area (Å²) in [4.78, 5) is 12.4. The monoisotopic (exact) mass is 346 g/mol. The SMILES string of the molecule is O=C(Cc1cccc(OC(F)(F)F)c1)C1CC2CCC(C1)S2=O. The summed E-state index contributed by atoms with van der Waals surface area (Å²) in [5.74, 6) is -0.423. The average molecular weight is 346 g/mol. The molecule has 2 saturated heterocycles. The minimum atomic E-state index is -4.74. The molecule has 1 aromatic carbocycles. The first-order valence-electron chi connectivity index (χ1n) is 7.58. The summed E-state index contributed by atoms with van der Waals surface area (Å²) < 4.78 is 52.6. The zero-order valence-corrected chi connectivity index (χ0v) is 13.2. The lowest BCUT2D eigenvalue weighted by Gasteiger charge is -2.26. The van der Waals surface area contributed by atoms with Crippen LogP contribution in [-0.4, -0.2) is 26.9 Å². The van der Waals surface area contributed by atoms with Crippen LogP contribution >= 0.6 is 0 Å². The quantitative estimate of drug-likeness (QED) is 0.839. The smallest absolute Gasteiger partial charge is 0.406 e. The molecule has 2 aliphatic rings. The zero-order chi connectivity index (χ0) is 16.6. The van der Waals surface area contributed by atoms with Gasteiger partial charge in [-0.15, -0.1) is 13.2 Å². The van der Waals surface area contributed by atoms with Gasteiger partial charge in [0.25, 0.3) is 0 Å². The number of carbonyl (C=O) groups excluding carboxylic acids is 1. The summed E-state index contributed by atoms with van der Waals surface area (Å²) >= 11 is 0. The summed E-state index contributed by atoms with van der Waals surface area (Å²) in [6.07, 6.45) is -1.55. The van der Waals surface area contributed by atoms with Gasteiger partial charge in [-0.25, -0.2) is 0 Å². The maximum absolute atomic E-state index is 12.4. The molecular formula is C16H17F3O3S. The fourth-order valence-electron chi connectivity index (χ4n) is 3.49. The normalized spacial score (nSPS) is 30.2. The Morgan fingerprint density at radius 1 is 1.22 bits per heavy atom. The molecule has 0 spiro atoms. The zero-order valence-electron chi connectivity index (χ0n) is 12.3. The third-order valence-electron chi connectivity index (χ3n) is 4.53. The molecule has 2 atom stereocenters. The average Bonchev–Trinajstić information content (AvgIpc) is 2.68. The molecule has 3 nitrogen and oxygen atoms in total. The van der Waals surface area contributed by atoms with E-state index in [9.17, 15) is 22.2 Å². The highest BCUT2D eigenvalue weighted by molar-refractivity contribution is 7.86. The fraction of sp³-hybridized carbons (Fsp3) is 0.562. The molecule has 0 aliphatic carbocycles. The minimum absolute atomic E-state index is 0.0164. The Bertz CT molecular complexity index is 613. The van der Waals surface area contributed by atoms with Crippen LogP contribution in [-0.2, 0) is 22.0 Å². The van der Waals surface area contributed by atoms with Gasteiger partial charge in [0.1, 0.15) is 11.5 Å². The van der Waals surface area contributed by atoms with Crippen LogP contribution in [0.5, 0.6) is 5.75 Å². The summed E-state index contributed by atoms with van der Waals surface area (Å²) in [5, 5.41) is 0.227. The Kier molecular flexibility index (Phi) is 4.49. The van der Waals surface area contributed by atoms with Gasteiger partial charge in [0.05, 0.1) is 0 Å². The van der Waals surface area contributed by atoms with E-state index in [1.165, 1.54) is 18.2 Å². The van der Waals surface area contributed by atoms with Crippen molar-refractivity contribution in [3.63, 3.8) is 0 Å². The van der Waals surface area contributed by atoms with Gasteiger partial charge >= 0.3 is 6.36 Å². The van der Waals surface area contributed by atoms with Crippen molar-refractivity contribution in [2.75, 3.05) is 0 Å². The third-order valence-corrected chi connectivity index (χ3v) is 6.70. The van der Waals surface area contributed by atoms with Gasteiger partial charge in [-0.1, -0.05) is 12.1 Å². The number of alkyl halides is 3. The molecule has 2 fully saturated rings. The lowest BCUT2D eigenvalue weighted by atomic mass is 9.91. The summed E-state index contributed by atoms with van der Waals surface area (Å²) in [6, 6.07) is 5.53. The van der Waals surface area contributed by atoms with Crippen molar-refractivity contribution in [2.45, 2.75) is 49.0 Å². The van der Waals surface area contributed by atoms with Crippen molar-refractivity contribution in [3.8, 4) is 5.75 Å². The molecular weight excluding hydrogens is 329 g/mol. The van der Waals surface area contributed by atoms with Crippen LogP contribution in [0.3, 0.4) is 0 Å². The number of carbonyl (C=O) groups is 1. The summed E-state index contributed by atoms with van der Waals surface area (Å²) in [6.45, 7) is 0. The van der Waals surface area contributed by atoms with Gasteiger partial charge in [-0.2, -0.15) is 0 Å². The second-order valence-electron chi connectivity index (χ2n) is 6.16. The minimum Gasteiger partial charge on any atom is -0.406 e. The van der Waals surface area contributed by atoms with E-state index in [1.807, 2.05) is 0 Å². The molecule has 0 aromatic heterocycles. The highest BCUT2D eigenvalue weighted by Crippen LogP contribution is 2.39. The molecule has 0 N–H and O–H groups in total. The topological polar surface area (TPSA) is 43.4 Å². The number of hydrogen-bond acceptors (Lipinski definition) is 3. The van der Waals surface area contributed by atoms with Gasteiger partial charge in [0.15, 0.2) is 0 Å². The van der Waals surface area contributed by atoms with Crippen molar-refractivity contribution < 1.29 is 26.9 Å². The highest BCUT2D eigenvalue weighted by Gasteiger charge is 2.42. The first-order chi connectivity index (χ1) is 10.8. The van der Waals surface area contributed by atoms with E-state index < -0.39 is 17.2 Å². The number of rotatable bonds is 4. The third kappa shape index (κ3) is 3.94. The maximum Gasteiger partial charge on any atom is 0.573 e. The molecule has 0 radical (unpaired) electrons. The second kappa shape index (κ2) is 6.26. The Hall–Kier alpha value is -1.37. The van der Waals surface area contributed by atoms with Crippen molar-refractivity contribution in [1.82, 2.24) is 0 Å². The van der Waals surface area contributed by atoms with Crippen LogP contribution in [0.1, 0.15) is 31.2 Å². The van der Waals surface area contributed by atoms with E-state index >= 15 is 0 Å². The lowest BCUT2D eigenvalue weighted by Crippen LogP contribution is -2.32. The van der Waals surface area contributed by atoms with Crippen molar-refractivity contribution in [1.29, 1.82) is 0 Å². The van der Waals surface area contributed by atoms with Gasteiger partial charge in [-0.05, 0) is 43.4 Å². The first kappa shape index (κ1) is 16.5. The van der Waals surface area contributed by atoms with Crippen LogP contribution < -0.4 is 4.74 Å². The van der Waals surface area contributed by atoms with Crippen molar-refractivity contribution >= 4 is 16.6 Å². The molecule has 2 heterocycles. The molecule has 3 rings (SSSR count).